The van der Waals surface area contributed by atoms with Gasteiger partial charge in [0.25, 0.3) is 0 Å². The molecule has 6 atom stereocenters. The zero-order valence-electron chi connectivity index (χ0n) is 67.6. The molecule has 0 aromatic rings. The van der Waals surface area contributed by atoms with Crippen molar-refractivity contribution in [2.45, 2.75) is 464 Å². The highest BCUT2D eigenvalue weighted by Crippen LogP contribution is 2.45. The van der Waals surface area contributed by atoms with Gasteiger partial charge in [-0.25, -0.2) is 9.13 Å². The van der Waals surface area contributed by atoms with Crippen LogP contribution < -0.4 is 0 Å². The number of unbranched alkanes of at least 4 members (excludes halogenated alkanes) is 52. The molecule has 0 aromatic carbocycles. The van der Waals surface area contributed by atoms with Crippen molar-refractivity contribution in [1.82, 2.24) is 0 Å². The Bertz CT molecular complexity index is 1980. The molecule has 3 N–H and O–H groups in total. The Kier molecular flexibility index (Phi) is 74.1. The van der Waals surface area contributed by atoms with Crippen LogP contribution in [-0.2, 0) is 65.4 Å². The molecule has 0 rings (SSSR count). The topological polar surface area (TPSA) is 237 Å². The molecule has 0 amide bonds. The molecule has 612 valence electrons. The van der Waals surface area contributed by atoms with Crippen LogP contribution in [0.1, 0.15) is 446 Å². The zero-order valence-corrected chi connectivity index (χ0v) is 69.4. The monoisotopic (exact) mass is 1510 g/mol. The third-order valence-corrected chi connectivity index (χ3v) is 22.0. The number of aliphatic hydroxyl groups is 1. The van der Waals surface area contributed by atoms with Gasteiger partial charge in [0.1, 0.15) is 19.3 Å². The molecule has 103 heavy (non-hydrogen) atoms. The summed E-state index contributed by atoms with van der Waals surface area (Å²) in [6, 6.07) is 0. The van der Waals surface area contributed by atoms with Gasteiger partial charge in [-0.15, -0.1) is 0 Å². The zero-order chi connectivity index (χ0) is 75.6. The average molecular weight is 1510 g/mol. The molecule has 17 nitrogen and oxygen atoms in total. The van der Waals surface area contributed by atoms with Crippen LogP contribution >= 0.6 is 15.6 Å². The summed E-state index contributed by atoms with van der Waals surface area (Å²) in [4.78, 5) is 72.8. The molecule has 0 aromatic heterocycles. The quantitative estimate of drug-likeness (QED) is 0.0222. The van der Waals surface area contributed by atoms with E-state index in [4.69, 9.17) is 37.0 Å². The van der Waals surface area contributed by atoms with Crippen LogP contribution in [0.2, 0.25) is 0 Å². The van der Waals surface area contributed by atoms with E-state index in [0.717, 1.165) is 108 Å². The van der Waals surface area contributed by atoms with Gasteiger partial charge in [0, 0.05) is 25.7 Å². The van der Waals surface area contributed by atoms with Gasteiger partial charge < -0.3 is 33.8 Å². The summed E-state index contributed by atoms with van der Waals surface area (Å²) in [5, 5.41) is 10.6. The van der Waals surface area contributed by atoms with E-state index in [1.165, 1.54) is 257 Å². The maximum absolute atomic E-state index is 13.1. The molecule has 3 unspecified atom stereocenters. The van der Waals surface area contributed by atoms with E-state index in [-0.39, 0.29) is 25.7 Å². The van der Waals surface area contributed by atoms with Gasteiger partial charge in [-0.05, 0) is 37.5 Å². The summed E-state index contributed by atoms with van der Waals surface area (Å²) in [7, 11) is -9.91. The second kappa shape index (κ2) is 75.5. The molecule has 0 aliphatic rings. The highest BCUT2D eigenvalue weighted by Gasteiger charge is 2.30. The van der Waals surface area contributed by atoms with Crippen LogP contribution in [0.5, 0.6) is 0 Å². The third kappa shape index (κ3) is 76.6. The van der Waals surface area contributed by atoms with Gasteiger partial charge in [-0.1, -0.05) is 395 Å². The minimum atomic E-state index is -4.96. The SMILES string of the molecule is CCCCCCCCCCCCCCCCCCCCCC(=O)OC[C@H](COP(=O)(O)OC[C@@H](O)COP(=O)(O)OC[C@@H](COC(=O)CCCCCCC)OC(=O)CCCCCCCCCCCCCCCCC(C)CC)OC(=O)CCCCCCCCCCCCCCCCCCCCC(C)C. The fourth-order valence-electron chi connectivity index (χ4n) is 13.0. The molecule has 0 spiro atoms. The molecule has 0 bridgehead atoms. The molecule has 0 aliphatic carbocycles. The Labute approximate surface area is 632 Å². The van der Waals surface area contributed by atoms with Gasteiger partial charge in [0.2, 0.25) is 0 Å². The van der Waals surface area contributed by atoms with Crippen molar-refractivity contribution >= 4 is 39.5 Å². The number of phosphoric acid groups is 2. The molecular formula is C84H164O17P2. The van der Waals surface area contributed by atoms with E-state index in [1.54, 1.807) is 0 Å². The molecule has 0 radical (unpaired) electrons. The van der Waals surface area contributed by atoms with Crippen LogP contribution in [0.15, 0.2) is 0 Å². The van der Waals surface area contributed by atoms with Gasteiger partial charge in [0.05, 0.1) is 26.4 Å². The Morgan fingerprint density at radius 3 is 0.738 bits per heavy atom. The summed E-state index contributed by atoms with van der Waals surface area (Å²) in [6.07, 6.45) is 67.1. The third-order valence-electron chi connectivity index (χ3n) is 20.1. The van der Waals surface area contributed by atoms with Crippen molar-refractivity contribution < 1.29 is 80.2 Å². The first kappa shape index (κ1) is 101. The Hall–Kier alpha value is -1.94. The lowest BCUT2D eigenvalue weighted by Crippen LogP contribution is -2.30. The number of ether oxygens (including phenoxy) is 4. The van der Waals surface area contributed by atoms with Crippen LogP contribution in [0, 0.1) is 11.8 Å². The first-order valence-corrected chi connectivity index (χ1v) is 46.5. The molecule has 0 saturated carbocycles. The number of aliphatic hydroxyl groups excluding tert-OH is 1. The number of carbonyl (C=O) groups excluding carboxylic acids is 4. The molecular weight excluding hydrogens is 1340 g/mol. The average Bonchev–Trinajstić information content (AvgIpc) is 0.919. The maximum atomic E-state index is 13.1. The second-order valence-corrected chi connectivity index (χ2v) is 33.8. The first-order valence-electron chi connectivity index (χ1n) is 43.5. The predicted octanol–water partition coefficient (Wildman–Crippen LogP) is 25.5. The second-order valence-electron chi connectivity index (χ2n) is 30.9. The lowest BCUT2D eigenvalue weighted by molar-refractivity contribution is -0.161. The van der Waals surface area contributed by atoms with Crippen molar-refractivity contribution in [3.8, 4) is 0 Å². The number of phosphoric ester groups is 2. The van der Waals surface area contributed by atoms with Gasteiger partial charge >= 0.3 is 39.5 Å². The molecule has 0 heterocycles. The summed E-state index contributed by atoms with van der Waals surface area (Å²) < 4.78 is 68.6. The summed E-state index contributed by atoms with van der Waals surface area (Å²) >= 11 is 0. The first-order chi connectivity index (χ1) is 49.9. The highest BCUT2D eigenvalue weighted by atomic mass is 31.2. The van der Waals surface area contributed by atoms with E-state index in [1.807, 2.05) is 0 Å². The van der Waals surface area contributed by atoms with Crippen molar-refractivity contribution in [2.24, 2.45) is 11.8 Å². The lowest BCUT2D eigenvalue weighted by atomic mass is 9.99. The van der Waals surface area contributed by atoms with Crippen LogP contribution in [-0.4, -0.2) is 96.7 Å². The maximum Gasteiger partial charge on any atom is 0.472 e. The number of carbonyl (C=O) groups is 4. The molecule has 0 fully saturated rings. The minimum Gasteiger partial charge on any atom is -0.462 e. The number of hydrogen-bond donors (Lipinski definition) is 3. The molecule has 19 heteroatoms. The highest BCUT2D eigenvalue weighted by molar-refractivity contribution is 7.47. The summed E-state index contributed by atoms with van der Waals surface area (Å²) in [5.74, 6) is -0.450. The Morgan fingerprint density at radius 2 is 0.495 bits per heavy atom. The lowest BCUT2D eigenvalue weighted by Gasteiger charge is -2.21. The van der Waals surface area contributed by atoms with Crippen molar-refractivity contribution in [2.75, 3.05) is 39.6 Å². The number of esters is 4. The van der Waals surface area contributed by atoms with Crippen molar-refractivity contribution in [3.63, 3.8) is 0 Å². The van der Waals surface area contributed by atoms with Gasteiger partial charge in [0.15, 0.2) is 12.2 Å². The standard InChI is InChI=1S/C84H164O17P2/c1-7-10-12-14-15-16-17-18-19-20-21-25-28-34-39-44-49-55-61-67-82(87)95-73-80(101-84(89)69-63-56-50-45-40-35-29-26-23-22-24-27-32-37-42-47-53-58-64-76(4)5)75-99-103(92,93)97-71-78(85)70-96-102(90,91)98-74-79(72-94-81(86)66-60-52-13-11-8-2)100-83(88)68-62-57-51-46-41-36-31-30-33-38-43-48-54-59-65-77(6)9-3/h76-80,85H,7-75H2,1-6H3,(H,90,91)(H,92,93)/t77?,78-,79+,80+/m0/s1. The normalized spacial score (nSPS) is 14.1. The largest absolute Gasteiger partial charge is 0.472 e. The smallest absolute Gasteiger partial charge is 0.462 e. The minimum absolute atomic E-state index is 0.107. The fourth-order valence-corrected chi connectivity index (χ4v) is 14.6. The van der Waals surface area contributed by atoms with E-state index in [9.17, 15) is 43.2 Å². The predicted molar refractivity (Wildman–Crippen MR) is 423 cm³/mol. The summed E-state index contributed by atoms with van der Waals surface area (Å²) in [6.45, 7) is 9.65. The Balaban J connectivity index is 5.11. The van der Waals surface area contributed by atoms with Crippen LogP contribution in [0.3, 0.4) is 0 Å². The van der Waals surface area contributed by atoms with Crippen molar-refractivity contribution in [3.05, 3.63) is 0 Å². The van der Waals surface area contributed by atoms with Crippen molar-refractivity contribution in [1.29, 1.82) is 0 Å². The van der Waals surface area contributed by atoms with Crippen LogP contribution in [0.4, 0.5) is 0 Å². The molecule has 0 aliphatic heterocycles. The number of rotatable bonds is 83. The van der Waals surface area contributed by atoms with E-state index < -0.39 is 97.5 Å². The van der Waals surface area contributed by atoms with E-state index >= 15 is 0 Å². The fraction of sp³-hybridized carbons (Fsp3) is 0.952. The van der Waals surface area contributed by atoms with Crippen LogP contribution in [0.25, 0.3) is 0 Å². The number of hydrogen-bond acceptors (Lipinski definition) is 15. The van der Waals surface area contributed by atoms with E-state index in [2.05, 4.69) is 41.5 Å². The van der Waals surface area contributed by atoms with Gasteiger partial charge in [-0.2, -0.15) is 0 Å². The summed E-state index contributed by atoms with van der Waals surface area (Å²) in [5.41, 5.74) is 0. The van der Waals surface area contributed by atoms with E-state index in [0.29, 0.717) is 25.7 Å². The molecule has 0 saturated heterocycles. The Morgan fingerprint density at radius 1 is 0.282 bits per heavy atom. The van der Waals surface area contributed by atoms with Gasteiger partial charge in [-0.3, -0.25) is 37.3 Å².